The Labute approximate surface area is 66.2 Å². The van der Waals surface area contributed by atoms with Crippen molar-refractivity contribution in [1.82, 2.24) is 0 Å². The second-order valence-electron chi connectivity index (χ2n) is 3.85. The first-order valence-electron chi connectivity index (χ1n) is 4.18. The van der Waals surface area contributed by atoms with Crippen molar-refractivity contribution in [3.63, 3.8) is 0 Å². The van der Waals surface area contributed by atoms with Gasteiger partial charge in [0.2, 0.25) is 0 Å². The Morgan fingerprint density at radius 2 is 2.36 bits per heavy atom. The number of hydrogen-bond acceptors (Lipinski definition) is 2. The molecule has 11 heavy (non-hydrogen) atoms. The van der Waals surface area contributed by atoms with Crippen LogP contribution in [0.4, 0.5) is 0 Å². The number of hydrogen-bond donors (Lipinski definition) is 0. The van der Waals surface area contributed by atoms with Gasteiger partial charge < -0.3 is 4.79 Å². The van der Waals surface area contributed by atoms with E-state index in [1.165, 1.54) is 6.42 Å². The van der Waals surface area contributed by atoms with E-state index >= 15 is 0 Å². The minimum absolute atomic E-state index is 0.384. The Bertz CT molecular complexity index is 230. The first-order valence-corrected chi connectivity index (χ1v) is 4.18. The summed E-state index contributed by atoms with van der Waals surface area (Å²) in [6.45, 7) is 0. The SMILES string of the molecule is N#CC1(C=O)CC2CCC1C2. The number of carbonyl (C=O) groups is 1. The van der Waals surface area contributed by atoms with Gasteiger partial charge in [-0.25, -0.2) is 0 Å². The molecule has 2 rings (SSSR count). The van der Waals surface area contributed by atoms with Crippen molar-refractivity contribution in [2.24, 2.45) is 17.3 Å². The predicted octanol–water partition coefficient (Wildman–Crippen LogP) is 1.52. The highest BCUT2D eigenvalue weighted by molar-refractivity contribution is 5.65. The van der Waals surface area contributed by atoms with Gasteiger partial charge in [0.05, 0.1) is 6.07 Å². The van der Waals surface area contributed by atoms with Crippen LogP contribution in [0.1, 0.15) is 25.7 Å². The molecular formula is C9H11NO. The summed E-state index contributed by atoms with van der Waals surface area (Å²) in [5.74, 6) is 1.06. The number of fused-ring (bicyclic) bond motifs is 2. The summed E-state index contributed by atoms with van der Waals surface area (Å²) in [7, 11) is 0. The van der Waals surface area contributed by atoms with Crippen molar-refractivity contribution in [2.75, 3.05) is 0 Å². The third-order valence-corrected chi connectivity index (χ3v) is 3.31. The van der Waals surface area contributed by atoms with Crippen LogP contribution in [0.25, 0.3) is 0 Å². The first-order chi connectivity index (χ1) is 5.30. The van der Waals surface area contributed by atoms with Crippen LogP contribution < -0.4 is 0 Å². The van der Waals surface area contributed by atoms with Gasteiger partial charge >= 0.3 is 0 Å². The molecule has 2 heteroatoms. The smallest absolute Gasteiger partial charge is 0.140 e. The molecule has 0 saturated heterocycles. The highest BCUT2D eigenvalue weighted by atomic mass is 16.1. The van der Waals surface area contributed by atoms with E-state index in [4.69, 9.17) is 5.26 Å². The average Bonchev–Trinajstić information content (AvgIpc) is 2.62. The van der Waals surface area contributed by atoms with Gasteiger partial charge in [0.1, 0.15) is 11.7 Å². The van der Waals surface area contributed by atoms with Crippen molar-refractivity contribution in [3.05, 3.63) is 0 Å². The number of carbonyl (C=O) groups excluding carboxylic acids is 1. The van der Waals surface area contributed by atoms with Crippen molar-refractivity contribution < 1.29 is 4.79 Å². The van der Waals surface area contributed by atoms with Crippen LogP contribution in [0.5, 0.6) is 0 Å². The van der Waals surface area contributed by atoms with Crippen molar-refractivity contribution in [3.8, 4) is 6.07 Å². The molecule has 2 aliphatic carbocycles. The van der Waals surface area contributed by atoms with E-state index in [-0.39, 0.29) is 0 Å². The fourth-order valence-electron chi connectivity index (χ4n) is 2.68. The van der Waals surface area contributed by atoms with Crippen LogP contribution in [-0.4, -0.2) is 6.29 Å². The maximum Gasteiger partial charge on any atom is 0.140 e. The van der Waals surface area contributed by atoms with Crippen molar-refractivity contribution in [2.45, 2.75) is 25.7 Å². The molecule has 0 amide bonds. The zero-order valence-corrected chi connectivity index (χ0v) is 6.42. The molecule has 0 heterocycles. The Morgan fingerprint density at radius 1 is 1.55 bits per heavy atom. The Balaban J connectivity index is 2.29. The third-order valence-electron chi connectivity index (χ3n) is 3.31. The summed E-state index contributed by atoms with van der Waals surface area (Å²) in [6, 6.07) is 2.19. The summed E-state index contributed by atoms with van der Waals surface area (Å²) in [5.41, 5.74) is -0.580. The highest BCUT2D eigenvalue weighted by Gasteiger charge is 2.51. The van der Waals surface area contributed by atoms with E-state index in [1.54, 1.807) is 0 Å². The van der Waals surface area contributed by atoms with Gasteiger partial charge in [-0.1, -0.05) is 6.42 Å². The number of rotatable bonds is 1. The van der Waals surface area contributed by atoms with Crippen LogP contribution >= 0.6 is 0 Å². The van der Waals surface area contributed by atoms with Crippen LogP contribution in [0.3, 0.4) is 0 Å². The lowest BCUT2D eigenvalue weighted by molar-refractivity contribution is -0.115. The molecule has 2 bridgehead atoms. The highest BCUT2D eigenvalue weighted by Crippen LogP contribution is 2.54. The summed E-state index contributed by atoms with van der Waals surface area (Å²) in [5, 5.41) is 8.86. The second-order valence-corrected chi connectivity index (χ2v) is 3.85. The van der Waals surface area contributed by atoms with Crippen LogP contribution in [0.15, 0.2) is 0 Å². The molecule has 58 valence electrons. The lowest BCUT2D eigenvalue weighted by atomic mass is 9.76. The molecule has 2 nitrogen and oxygen atoms in total. The van der Waals surface area contributed by atoms with Gasteiger partial charge in [-0.3, -0.25) is 0 Å². The van der Waals surface area contributed by atoms with Crippen LogP contribution in [0, 0.1) is 28.6 Å². The van der Waals surface area contributed by atoms with Gasteiger partial charge in [0, 0.05) is 0 Å². The monoisotopic (exact) mass is 149 g/mol. The lowest BCUT2D eigenvalue weighted by Crippen LogP contribution is -2.27. The fraction of sp³-hybridized carbons (Fsp3) is 0.778. The minimum atomic E-state index is -0.580. The fourth-order valence-corrected chi connectivity index (χ4v) is 2.68. The van der Waals surface area contributed by atoms with Crippen LogP contribution in [0.2, 0.25) is 0 Å². The molecule has 0 aromatic rings. The molecule has 0 radical (unpaired) electrons. The predicted molar refractivity (Wildman–Crippen MR) is 39.6 cm³/mol. The number of nitriles is 1. The number of aldehydes is 1. The van der Waals surface area contributed by atoms with Gasteiger partial charge in [0.15, 0.2) is 0 Å². The van der Waals surface area contributed by atoms with Gasteiger partial charge in [-0.15, -0.1) is 0 Å². The molecular weight excluding hydrogens is 138 g/mol. The van der Waals surface area contributed by atoms with E-state index in [1.807, 2.05) is 0 Å². The third kappa shape index (κ3) is 0.742. The van der Waals surface area contributed by atoms with E-state index in [0.717, 1.165) is 25.5 Å². The molecule has 2 aliphatic rings. The van der Waals surface area contributed by atoms with Gasteiger partial charge in [0.25, 0.3) is 0 Å². The van der Waals surface area contributed by atoms with E-state index in [9.17, 15) is 4.79 Å². The molecule has 2 fully saturated rings. The van der Waals surface area contributed by atoms with E-state index in [0.29, 0.717) is 11.8 Å². The molecule has 2 saturated carbocycles. The van der Waals surface area contributed by atoms with E-state index in [2.05, 4.69) is 6.07 Å². The molecule has 0 aromatic carbocycles. The summed E-state index contributed by atoms with van der Waals surface area (Å²) < 4.78 is 0. The standard InChI is InChI=1S/C9H11NO/c10-5-9(6-11)4-7-1-2-8(9)3-7/h6-8H,1-4H2. The normalized spacial score (nSPS) is 47.2. The van der Waals surface area contributed by atoms with Gasteiger partial charge in [-0.05, 0) is 31.1 Å². The Kier molecular flexibility index (Phi) is 1.29. The molecule has 3 atom stereocenters. The van der Waals surface area contributed by atoms with E-state index < -0.39 is 5.41 Å². The summed E-state index contributed by atoms with van der Waals surface area (Å²) >= 11 is 0. The average molecular weight is 149 g/mol. The lowest BCUT2D eigenvalue weighted by Gasteiger charge is -2.24. The maximum atomic E-state index is 10.7. The van der Waals surface area contributed by atoms with Crippen molar-refractivity contribution in [1.29, 1.82) is 5.26 Å². The summed E-state index contributed by atoms with van der Waals surface area (Å²) in [4.78, 5) is 10.7. The molecule has 3 unspecified atom stereocenters. The first kappa shape index (κ1) is 6.84. The van der Waals surface area contributed by atoms with Crippen molar-refractivity contribution >= 4 is 6.29 Å². The largest absolute Gasteiger partial charge is 0.302 e. The molecule has 0 aromatic heterocycles. The number of nitrogens with zero attached hydrogens (tertiary/aromatic N) is 1. The molecule has 0 spiro atoms. The zero-order valence-electron chi connectivity index (χ0n) is 6.42. The second kappa shape index (κ2) is 2.07. The minimum Gasteiger partial charge on any atom is -0.302 e. The van der Waals surface area contributed by atoms with Gasteiger partial charge in [-0.2, -0.15) is 5.26 Å². The molecule has 0 N–H and O–H groups in total. The Morgan fingerprint density at radius 3 is 2.64 bits per heavy atom. The topological polar surface area (TPSA) is 40.9 Å². The maximum absolute atomic E-state index is 10.7. The zero-order chi connectivity index (χ0) is 7.90. The quantitative estimate of drug-likeness (QED) is 0.530. The molecule has 0 aliphatic heterocycles. The Hall–Kier alpha value is -0.840. The van der Waals surface area contributed by atoms with Crippen LogP contribution in [-0.2, 0) is 4.79 Å². The summed E-state index contributed by atoms with van der Waals surface area (Å²) in [6.07, 6.45) is 5.17.